The molecule has 0 saturated carbocycles. The number of anilines is 2. The number of hydrogen-bond donors (Lipinski definition) is 3. The lowest BCUT2D eigenvalue weighted by Crippen LogP contribution is -2.17. The van der Waals surface area contributed by atoms with E-state index in [0.29, 0.717) is 32.0 Å². The van der Waals surface area contributed by atoms with Crippen LogP contribution in [-0.4, -0.2) is 5.91 Å². The van der Waals surface area contributed by atoms with Crippen molar-refractivity contribution in [2.45, 2.75) is 6.92 Å². The molecular weight excluding hydrogens is 333 g/mol. The molecular formula is C14H12Cl3N3O. The van der Waals surface area contributed by atoms with Gasteiger partial charge in [-0.3, -0.25) is 10.6 Å². The van der Waals surface area contributed by atoms with Crippen molar-refractivity contribution in [3.05, 3.63) is 56.5 Å². The summed E-state index contributed by atoms with van der Waals surface area (Å²) in [5.41, 5.74) is 4.70. The Labute approximate surface area is 137 Å². The van der Waals surface area contributed by atoms with Gasteiger partial charge in [0.15, 0.2) is 0 Å². The molecule has 4 nitrogen and oxygen atoms in total. The number of halogens is 3. The summed E-state index contributed by atoms with van der Waals surface area (Å²) in [4.78, 5) is 12.4. The molecule has 0 aliphatic heterocycles. The Morgan fingerprint density at radius 1 is 1.00 bits per heavy atom. The number of hydrogen-bond acceptors (Lipinski definition) is 3. The van der Waals surface area contributed by atoms with E-state index in [-0.39, 0.29) is 5.91 Å². The minimum atomic E-state index is -0.355. The Balaban J connectivity index is 2.34. The Hall–Kier alpha value is -1.46. The van der Waals surface area contributed by atoms with E-state index in [0.717, 1.165) is 5.56 Å². The van der Waals surface area contributed by atoms with Gasteiger partial charge in [-0.1, -0.05) is 46.4 Å². The number of nitrogen functional groups attached to an aromatic ring is 1. The van der Waals surface area contributed by atoms with Crippen LogP contribution >= 0.6 is 34.8 Å². The molecule has 0 bridgehead atoms. The summed E-state index contributed by atoms with van der Waals surface area (Å²) in [6, 6.07) is 8.25. The molecule has 110 valence electrons. The van der Waals surface area contributed by atoms with Crippen molar-refractivity contribution in [2.24, 2.45) is 5.84 Å². The SMILES string of the molecule is Cc1ccc(NN)c(C(=O)Nc2cc(Cl)c(Cl)cc2Cl)c1. The maximum atomic E-state index is 12.4. The van der Waals surface area contributed by atoms with Crippen LogP contribution in [0.2, 0.25) is 15.1 Å². The van der Waals surface area contributed by atoms with Gasteiger partial charge in [-0.2, -0.15) is 0 Å². The molecule has 0 saturated heterocycles. The third-order valence-electron chi connectivity index (χ3n) is 2.83. The Kier molecular flexibility index (Phi) is 4.96. The number of rotatable bonds is 3. The van der Waals surface area contributed by atoms with Crippen LogP contribution in [0.3, 0.4) is 0 Å². The number of carbonyl (C=O) groups is 1. The van der Waals surface area contributed by atoms with Crippen molar-refractivity contribution >= 4 is 52.1 Å². The first-order valence-electron chi connectivity index (χ1n) is 5.95. The van der Waals surface area contributed by atoms with E-state index in [1.54, 1.807) is 12.1 Å². The van der Waals surface area contributed by atoms with Gasteiger partial charge < -0.3 is 10.7 Å². The van der Waals surface area contributed by atoms with Gasteiger partial charge in [-0.25, -0.2) is 0 Å². The smallest absolute Gasteiger partial charge is 0.257 e. The number of benzene rings is 2. The number of hydrazine groups is 1. The lowest BCUT2D eigenvalue weighted by Gasteiger charge is -2.12. The molecule has 2 rings (SSSR count). The highest BCUT2D eigenvalue weighted by Gasteiger charge is 2.14. The largest absolute Gasteiger partial charge is 0.323 e. The highest BCUT2D eigenvalue weighted by Crippen LogP contribution is 2.32. The van der Waals surface area contributed by atoms with E-state index in [4.69, 9.17) is 40.6 Å². The fraction of sp³-hybridized carbons (Fsp3) is 0.0714. The molecule has 4 N–H and O–H groups in total. The van der Waals surface area contributed by atoms with Crippen LogP contribution in [0.1, 0.15) is 15.9 Å². The fourth-order valence-electron chi connectivity index (χ4n) is 1.78. The van der Waals surface area contributed by atoms with E-state index in [1.807, 2.05) is 13.0 Å². The molecule has 0 aromatic heterocycles. The zero-order chi connectivity index (χ0) is 15.6. The van der Waals surface area contributed by atoms with Crippen LogP contribution in [0, 0.1) is 6.92 Å². The topological polar surface area (TPSA) is 67.1 Å². The van der Waals surface area contributed by atoms with Gasteiger partial charge in [0.1, 0.15) is 0 Å². The summed E-state index contributed by atoms with van der Waals surface area (Å²) in [6.07, 6.45) is 0. The second-order valence-corrected chi connectivity index (χ2v) is 5.62. The van der Waals surface area contributed by atoms with Crippen LogP contribution in [-0.2, 0) is 0 Å². The molecule has 0 unspecified atom stereocenters. The van der Waals surface area contributed by atoms with Crippen LogP contribution in [0.4, 0.5) is 11.4 Å². The summed E-state index contributed by atoms with van der Waals surface area (Å²) in [5, 5.41) is 3.61. The summed E-state index contributed by atoms with van der Waals surface area (Å²) < 4.78 is 0. The van der Waals surface area contributed by atoms with Gasteiger partial charge >= 0.3 is 0 Å². The zero-order valence-corrected chi connectivity index (χ0v) is 13.3. The molecule has 0 heterocycles. The average Bonchev–Trinajstić information content (AvgIpc) is 2.44. The van der Waals surface area contributed by atoms with Crippen molar-refractivity contribution < 1.29 is 4.79 Å². The zero-order valence-electron chi connectivity index (χ0n) is 11.0. The molecule has 0 radical (unpaired) electrons. The van der Waals surface area contributed by atoms with E-state index in [9.17, 15) is 4.79 Å². The first kappa shape index (κ1) is 15.9. The lowest BCUT2D eigenvalue weighted by molar-refractivity contribution is 0.102. The molecule has 1 amide bonds. The first-order chi connectivity index (χ1) is 9.92. The molecule has 2 aromatic rings. The number of aryl methyl sites for hydroxylation is 1. The van der Waals surface area contributed by atoms with E-state index >= 15 is 0 Å². The molecule has 0 aliphatic carbocycles. The second kappa shape index (κ2) is 6.54. The van der Waals surface area contributed by atoms with Crippen molar-refractivity contribution in [3.8, 4) is 0 Å². The van der Waals surface area contributed by atoms with Crippen molar-refractivity contribution in [2.75, 3.05) is 10.7 Å². The molecule has 0 atom stereocenters. The monoisotopic (exact) mass is 343 g/mol. The predicted molar refractivity (Wildman–Crippen MR) is 88.4 cm³/mol. The van der Waals surface area contributed by atoms with Gasteiger partial charge in [-0.05, 0) is 31.2 Å². The minimum Gasteiger partial charge on any atom is -0.323 e. The van der Waals surface area contributed by atoms with Gasteiger partial charge in [0, 0.05) is 0 Å². The van der Waals surface area contributed by atoms with Crippen LogP contribution in [0.15, 0.2) is 30.3 Å². The highest BCUT2D eigenvalue weighted by molar-refractivity contribution is 6.44. The third-order valence-corrected chi connectivity index (χ3v) is 3.87. The number of nitrogens with two attached hydrogens (primary N) is 1. The normalized spacial score (nSPS) is 10.3. The van der Waals surface area contributed by atoms with Crippen molar-refractivity contribution in [3.63, 3.8) is 0 Å². The Morgan fingerprint density at radius 2 is 1.67 bits per heavy atom. The molecule has 21 heavy (non-hydrogen) atoms. The van der Waals surface area contributed by atoms with E-state index < -0.39 is 0 Å². The highest BCUT2D eigenvalue weighted by atomic mass is 35.5. The first-order valence-corrected chi connectivity index (χ1v) is 7.09. The number of carbonyl (C=O) groups excluding carboxylic acids is 1. The summed E-state index contributed by atoms with van der Waals surface area (Å²) in [5.74, 6) is 5.06. The summed E-state index contributed by atoms with van der Waals surface area (Å²) in [6.45, 7) is 1.88. The van der Waals surface area contributed by atoms with Gasteiger partial charge in [0.25, 0.3) is 5.91 Å². The molecule has 2 aromatic carbocycles. The average molecular weight is 345 g/mol. The van der Waals surface area contributed by atoms with Crippen molar-refractivity contribution in [1.29, 1.82) is 0 Å². The molecule has 0 spiro atoms. The summed E-state index contributed by atoms with van der Waals surface area (Å²) >= 11 is 17.8. The number of amides is 1. The predicted octanol–water partition coefficient (Wildman–Crippen LogP) is 4.49. The molecule has 0 aliphatic rings. The number of nitrogens with one attached hydrogen (secondary N) is 2. The molecule has 7 heteroatoms. The quantitative estimate of drug-likeness (QED) is 0.436. The maximum absolute atomic E-state index is 12.4. The summed E-state index contributed by atoms with van der Waals surface area (Å²) in [7, 11) is 0. The van der Waals surface area contributed by atoms with E-state index in [1.165, 1.54) is 12.1 Å². The standard InChI is InChI=1S/C14H12Cl3N3O/c1-7-2-3-12(20-18)8(4-7)14(21)19-13-6-10(16)9(15)5-11(13)17/h2-6,20H,18H2,1H3,(H,19,21). The minimum absolute atomic E-state index is 0.299. The fourth-order valence-corrected chi connectivity index (χ4v) is 2.37. The van der Waals surface area contributed by atoms with Crippen molar-refractivity contribution in [1.82, 2.24) is 0 Å². The Bertz CT molecular complexity index is 704. The second-order valence-electron chi connectivity index (χ2n) is 4.39. The Morgan fingerprint density at radius 3 is 2.33 bits per heavy atom. The van der Waals surface area contributed by atoms with Gasteiger partial charge in [-0.15, -0.1) is 0 Å². The van der Waals surface area contributed by atoms with Crippen LogP contribution in [0.5, 0.6) is 0 Å². The van der Waals surface area contributed by atoms with Crippen LogP contribution < -0.4 is 16.6 Å². The van der Waals surface area contributed by atoms with Crippen LogP contribution in [0.25, 0.3) is 0 Å². The third kappa shape index (κ3) is 3.60. The maximum Gasteiger partial charge on any atom is 0.257 e. The molecule has 0 fully saturated rings. The van der Waals surface area contributed by atoms with E-state index in [2.05, 4.69) is 10.7 Å². The van der Waals surface area contributed by atoms with Gasteiger partial charge in [0.2, 0.25) is 0 Å². The van der Waals surface area contributed by atoms with Gasteiger partial charge in [0.05, 0.1) is 32.0 Å². The lowest BCUT2D eigenvalue weighted by atomic mass is 10.1.